The van der Waals surface area contributed by atoms with Crippen LogP contribution in [0.25, 0.3) is 0 Å². The number of alkyl halides is 1. The fraction of sp³-hybridized carbons (Fsp3) is 0.294. The summed E-state index contributed by atoms with van der Waals surface area (Å²) in [7, 11) is 0. The molecule has 2 aromatic carbocycles. The molecular formula is C17H19BrO. The van der Waals surface area contributed by atoms with E-state index < -0.39 is 0 Å². The molecule has 0 spiro atoms. The van der Waals surface area contributed by atoms with E-state index in [2.05, 4.69) is 47.1 Å². The number of hydrogen-bond donors (Lipinski definition) is 0. The average molecular weight is 319 g/mol. The van der Waals surface area contributed by atoms with E-state index in [9.17, 15) is 0 Å². The van der Waals surface area contributed by atoms with Gasteiger partial charge in [0.15, 0.2) is 0 Å². The van der Waals surface area contributed by atoms with Gasteiger partial charge in [-0.05, 0) is 37.0 Å². The standard InChI is InChI=1S/C17H19BrO/c1-14-6-5-7-15(12-14)16(13-18)10-11-19-17-8-3-2-4-9-17/h2-9,12,16H,10-11,13H2,1H3. The Morgan fingerprint density at radius 1 is 1.05 bits per heavy atom. The Morgan fingerprint density at radius 2 is 1.84 bits per heavy atom. The lowest BCUT2D eigenvalue weighted by molar-refractivity contribution is 0.302. The highest BCUT2D eigenvalue weighted by molar-refractivity contribution is 9.09. The zero-order chi connectivity index (χ0) is 13.5. The van der Waals surface area contributed by atoms with Crippen molar-refractivity contribution in [1.29, 1.82) is 0 Å². The zero-order valence-electron chi connectivity index (χ0n) is 11.2. The lowest BCUT2D eigenvalue weighted by Gasteiger charge is -2.15. The van der Waals surface area contributed by atoms with Gasteiger partial charge < -0.3 is 4.74 Å². The van der Waals surface area contributed by atoms with Gasteiger partial charge in [-0.1, -0.05) is 64.0 Å². The van der Waals surface area contributed by atoms with Crippen LogP contribution in [0.5, 0.6) is 5.75 Å². The van der Waals surface area contributed by atoms with Crippen molar-refractivity contribution in [2.45, 2.75) is 19.3 Å². The fourth-order valence-corrected chi connectivity index (χ4v) is 2.79. The molecule has 2 rings (SSSR count). The minimum atomic E-state index is 0.503. The Kier molecular flexibility index (Phi) is 5.46. The lowest BCUT2D eigenvalue weighted by Crippen LogP contribution is -2.07. The second kappa shape index (κ2) is 7.34. The molecule has 0 amide bonds. The zero-order valence-corrected chi connectivity index (χ0v) is 12.8. The summed E-state index contributed by atoms with van der Waals surface area (Å²) in [5, 5.41) is 0.967. The van der Waals surface area contributed by atoms with E-state index in [1.807, 2.05) is 30.3 Å². The number of para-hydroxylation sites is 1. The molecule has 0 heterocycles. The van der Waals surface area contributed by atoms with Crippen molar-refractivity contribution in [3.05, 3.63) is 65.7 Å². The molecule has 0 aliphatic carbocycles. The summed E-state index contributed by atoms with van der Waals surface area (Å²) in [6.45, 7) is 2.88. The van der Waals surface area contributed by atoms with Crippen molar-refractivity contribution < 1.29 is 4.74 Å². The first-order valence-electron chi connectivity index (χ1n) is 6.60. The molecular weight excluding hydrogens is 300 g/mol. The maximum absolute atomic E-state index is 5.77. The molecule has 0 aromatic heterocycles. The molecule has 0 bridgehead atoms. The van der Waals surface area contributed by atoms with E-state index in [0.717, 1.165) is 24.1 Å². The summed E-state index contributed by atoms with van der Waals surface area (Å²) in [4.78, 5) is 0. The maximum Gasteiger partial charge on any atom is 0.119 e. The minimum Gasteiger partial charge on any atom is -0.494 e. The van der Waals surface area contributed by atoms with E-state index in [4.69, 9.17) is 4.74 Å². The molecule has 0 fully saturated rings. The van der Waals surface area contributed by atoms with Crippen molar-refractivity contribution in [2.24, 2.45) is 0 Å². The Bertz CT molecular complexity index is 496. The third-order valence-electron chi connectivity index (χ3n) is 3.18. The van der Waals surface area contributed by atoms with Crippen LogP contribution in [0, 0.1) is 6.92 Å². The Hall–Kier alpha value is -1.28. The largest absolute Gasteiger partial charge is 0.494 e. The summed E-state index contributed by atoms with van der Waals surface area (Å²) < 4.78 is 5.77. The monoisotopic (exact) mass is 318 g/mol. The van der Waals surface area contributed by atoms with Crippen molar-refractivity contribution in [2.75, 3.05) is 11.9 Å². The summed E-state index contributed by atoms with van der Waals surface area (Å²) in [6, 6.07) is 18.7. The van der Waals surface area contributed by atoms with Gasteiger partial charge in [0.2, 0.25) is 0 Å². The van der Waals surface area contributed by atoms with Crippen molar-refractivity contribution >= 4 is 15.9 Å². The highest BCUT2D eigenvalue weighted by atomic mass is 79.9. The summed E-state index contributed by atoms with van der Waals surface area (Å²) in [5.41, 5.74) is 2.70. The molecule has 0 aliphatic heterocycles. The molecule has 19 heavy (non-hydrogen) atoms. The number of benzene rings is 2. The predicted molar refractivity (Wildman–Crippen MR) is 84.3 cm³/mol. The molecule has 0 saturated heterocycles. The van der Waals surface area contributed by atoms with Crippen LogP contribution in [-0.2, 0) is 0 Å². The smallest absolute Gasteiger partial charge is 0.119 e. The summed E-state index contributed by atoms with van der Waals surface area (Å²) in [6.07, 6.45) is 1.02. The minimum absolute atomic E-state index is 0.503. The molecule has 2 aromatic rings. The molecule has 1 nitrogen and oxygen atoms in total. The molecule has 0 aliphatic rings. The SMILES string of the molecule is Cc1cccc(C(CBr)CCOc2ccccc2)c1. The van der Waals surface area contributed by atoms with Gasteiger partial charge in [0.1, 0.15) is 5.75 Å². The number of halogens is 1. The molecule has 1 unspecified atom stereocenters. The predicted octanol–water partition coefficient (Wildman–Crippen LogP) is 4.94. The second-order valence-corrected chi connectivity index (χ2v) is 5.36. The van der Waals surface area contributed by atoms with E-state index >= 15 is 0 Å². The maximum atomic E-state index is 5.77. The molecule has 1 atom stereocenters. The van der Waals surface area contributed by atoms with Crippen LogP contribution in [-0.4, -0.2) is 11.9 Å². The van der Waals surface area contributed by atoms with E-state index in [-0.39, 0.29) is 0 Å². The number of hydrogen-bond acceptors (Lipinski definition) is 1. The van der Waals surface area contributed by atoms with Gasteiger partial charge in [-0.25, -0.2) is 0 Å². The van der Waals surface area contributed by atoms with Crippen LogP contribution in [0.2, 0.25) is 0 Å². The third kappa shape index (κ3) is 4.39. The summed E-state index contributed by atoms with van der Waals surface area (Å²) in [5.74, 6) is 1.45. The van der Waals surface area contributed by atoms with Gasteiger partial charge in [0, 0.05) is 5.33 Å². The lowest BCUT2D eigenvalue weighted by atomic mass is 9.97. The Morgan fingerprint density at radius 3 is 2.53 bits per heavy atom. The molecule has 0 saturated carbocycles. The van der Waals surface area contributed by atoms with Crippen LogP contribution in [0.1, 0.15) is 23.5 Å². The van der Waals surface area contributed by atoms with Crippen molar-refractivity contribution in [3.8, 4) is 5.75 Å². The first kappa shape index (κ1) is 14.1. The number of ether oxygens (including phenoxy) is 1. The van der Waals surface area contributed by atoms with E-state index in [1.54, 1.807) is 0 Å². The highest BCUT2D eigenvalue weighted by Crippen LogP contribution is 2.23. The van der Waals surface area contributed by atoms with Crippen molar-refractivity contribution in [1.82, 2.24) is 0 Å². The van der Waals surface area contributed by atoms with Crippen LogP contribution >= 0.6 is 15.9 Å². The first-order valence-corrected chi connectivity index (χ1v) is 7.72. The van der Waals surface area contributed by atoms with Gasteiger partial charge in [0.25, 0.3) is 0 Å². The van der Waals surface area contributed by atoms with E-state index in [0.29, 0.717) is 5.92 Å². The van der Waals surface area contributed by atoms with Crippen LogP contribution in [0.4, 0.5) is 0 Å². The second-order valence-electron chi connectivity index (χ2n) is 4.72. The van der Waals surface area contributed by atoms with Crippen LogP contribution in [0.15, 0.2) is 54.6 Å². The van der Waals surface area contributed by atoms with Gasteiger partial charge in [-0.3, -0.25) is 0 Å². The quantitative estimate of drug-likeness (QED) is 0.685. The van der Waals surface area contributed by atoms with Crippen LogP contribution < -0.4 is 4.74 Å². The fourth-order valence-electron chi connectivity index (χ4n) is 2.09. The number of rotatable bonds is 6. The average Bonchev–Trinajstić information content (AvgIpc) is 2.45. The van der Waals surface area contributed by atoms with Gasteiger partial charge in [-0.2, -0.15) is 0 Å². The first-order chi connectivity index (χ1) is 9.29. The normalized spacial score (nSPS) is 12.1. The third-order valence-corrected chi connectivity index (χ3v) is 3.96. The molecule has 0 radical (unpaired) electrons. The van der Waals surface area contributed by atoms with Crippen molar-refractivity contribution in [3.63, 3.8) is 0 Å². The molecule has 100 valence electrons. The van der Waals surface area contributed by atoms with Gasteiger partial charge >= 0.3 is 0 Å². The molecule has 2 heteroatoms. The van der Waals surface area contributed by atoms with Gasteiger partial charge in [0.05, 0.1) is 6.61 Å². The van der Waals surface area contributed by atoms with E-state index in [1.165, 1.54) is 11.1 Å². The topological polar surface area (TPSA) is 9.23 Å². The van der Waals surface area contributed by atoms with Crippen LogP contribution in [0.3, 0.4) is 0 Å². The molecule has 0 N–H and O–H groups in total. The number of aryl methyl sites for hydroxylation is 1. The Balaban J connectivity index is 1.89. The summed E-state index contributed by atoms with van der Waals surface area (Å²) >= 11 is 3.61. The van der Waals surface area contributed by atoms with Gasteiger partial charge in [-0.15, -0.1) is 0 Å². The Labute approximate surface area is 123 Å². The highest BCUT2D eigenvalue weighted by Gasteiger charge is 2.10.